The quantitative estimate of drug-likeness (QED) is 0.0898. The van der Waals surface area contributed by atoms with Gasteiger partial charge in [0.05, 0.1) is 27.6 Å². The van der Waals surface area contributed by atoms with Crippen molar-refractivity contribution >= 4 is 63.1 Å². The smallest absolute Gasteiger partial charge is 0.336 e. The van der Waals surface area contributed by atoms with Crippen molar-refractivity contribution in [3.63, 3.8) is 0 Å². The summed E-state index contributed by atoms with van der Waals surface area (Å²) >= 11 is 5.55. The molecule has 54 heavy (non-hydrogen) atoms. The number of hydrogen-bond acceptors (Lipinski definition) is 8. The van der Waals surface area contributed by atoms with Gasteiger partial charge in [0.15, 0.2) is 28.4 Å². The molecule has 9 N–H and O–H groups in total. The van der Waals surface area contributed by atoms with Crippen LogP contribution in [-0.4, -0.2) is 52.0 Å². The summed E-state index contributed by atoms with van der Waals surface area (Å²) in [6.45, 7) is 4.98. The first kappa shape index (κ1) is 37.0. The summed E-state index contributed by atoms with van der Waals surface area (Å²) in [5.41, 5.74) is 29.9. The van der Waals surface area contributed by atoms with E-state index in [-0.39, 0.29) is 22.5 Å². The third kappa shape index (κ3) is 7.54. The van der Waals surface area contributed by atoms with Crippen molar-refractivity contribution in [2.75, 3.05) is 11.5 Å². The van der Waals surface area contributed by atoms with Gasteiger partial charge in [-0.15, -0.1) is 0 Å². The van der Waals surface area contributed by atoms with E-state index in [4.69, 9.17) is 44.5 Å². The Labute approximate surface area is 315 Å². The van der Waals surface area contributed by atoms with Gasteiger partial charge in [-0.3, -0.25) is 4.79 Å². The first-order chi connectivity index (χ1) is 25.9. The van der Waals surface area contributed by atoms with Gasteiger partial charge in [0.1, 0.15) is 11.6 Å². The zero-order chi connectivity index (χ0) is 38.7. The Hall–Kier alpha value is -6.80. The van der Waals surface area contributed by atoms with Gasteiger partial charge < -0.3 is 37.2 Å². The van der Waals surface area contributed by atoms with Crippen molar-refractivity contribution in [1.82, 2.24) is 29.1 Å². The molecule has 0 radical (unpaired) electrons. The van der Waals surface area contributed by atoms with Crippen LogP contribution < -0.4 is 22.9 Å². The maximum Gasteiger partial charge on any atom is 0.336 e. The molecule has 1 amide bonds. The van der Waals surface area contributed by atoms with Crippen molar-refractivity contribution in [3.8, 4) is 22.5 Å². The van der Waals surface area contributed by atoms with E-state index < -0.39 is 17.8 Å². The standard InChI is InChI=1S/C33H30N4O2.C6H8ClN7O/c1-4-9-30-35-31-21(2)18-24(32-34-27-12-7-8-13-28(27)36(32)3)19-29(31)37(30)20-22-14-16-23(17-15-22)25-10-5-6-11-26(25)33(38)39;7-2-4(9)13-3(8)1(12-2)5(15)14-6(10)11/h5-8,10-19H,4,9,20H2,1-3H3,(H,38,39);(H4,8,9,13)(H4,10,11,14,15). The van der Waals surface area contributed by atoms with Crippen LogP contribution in [0.15, 0.2) is 89.9 Å². The van der Waals surface area contributed by atoms with Gasteiger partial charge in [0.25, 0.3) is 0 Å². The number of guanidine groups is 1. The van der Waals surface area contributed by atoms with Crippen LogP contribution in [0.5, 0.6) is 0 Å². The number of carbonyl (C=O) groups is 2. The van der Waals surface area contributed by atoms with Crippen molar-refractivity contribution in [1.29, 1.82) is 0 Å². The minimum absolute atomic E-state index is 0.0737. The number of carboxylic acid groups (broad SMARTS) is 1. The first-order valence-electron chi connectivity index (χ1n) is 16.9. The molecule has 0 spiro atoms. The highest BCUT2D eigenvalue weighted by Gasteiger charge is 2.18. The maximum absolute atomic E-state index is 11.7. The Kier molecular flexibility index (Phi) is 10.6. The number of rotatable bonds is 8. The predicted molar refractivity (Wildman–Crippen MR) is 212 cm³/mol. The van der Waals surface area contributed by atoms with E-state index in [9.17, 15) is 14.7 Å². The zero-order valence-electron chi connectivity index (χ0n) is 29.8. The number of aromatic nitrogens is 6. The Bertz CT molecular complexity index is 2570. The van der Waals surface area contributed by atoms with Gasteiger partial charge in [-0.2, -0.15) is 4.99 Å². The number of anilines is 2. The SMILES string of the molecule is CCCc1nc2c(C)cc(-c3nc4ccccc4n3C)cc2n1Cc1ccc(-c2ccccc2C(=O)O)cc1.NC(N)=NC(=O)c1nc(Cl)c(N)nc1N. The van der Waals surface area contributed by atoms with Crippen molar-refractivity contribution in [2.24, 2.45) is 23.5 Å². The molecule has 7 aromatic rings. The van der Waals surface area contributed by atoms with Gasteiger partial charge in [-0.1, -0.05) is 73.1 Å². The van der Waals surface area contributed by atoms with Gasteiger partial charge in [-0.25, -0.2) is 24.7 Å². The number of amides is 1. The van der Waals surface area contributed by atoms with Crippen LogP contribution in [0.3, 0.4) is 0 Å². The highest BCUT2D eigenvalue weighted by atomic mass is 35.5. The minimum Gasteiger partial charge on any atom is -0.478 e. The normalized spacial score (nSPS) is 11.0. The van der Waals surface area contributed by atoms with Crippen LogP contribution in [-0.2, 0) is 20.0 Å². The summed E-state index contributed by atoms with van der Waals surface area (Å²) in [7, 11) is 2.06. The lowest BCUT2D eigenvalue weighted by Gasteiger charge is -2.12. The number of benzene rings is 4. The molecule has 0 fully saturated rings. The van der Waals surface area contributed by atoms with E-state index >= 15 is 0 Å². The minimum atomic E-state index is -0.921. The first-order valence-corrected chi connectivity index (χ1v) is 17.3. The number of carbonyl (C=O) groups excluding carboxylic acids is 1. The Balaban J connectivity index is 0.000000280. The van der Waals surface area contributed by atoms with Crippen LogP contribution in [0, 0.1) is 6.92 Å². The average molecular weight is 744 g/mol. The highest BCUT2D eigenvalue weighted by Crippen LogP contribution is 2.31. The number of imidazole rings is 2. The summed E-state index contributed by atoms with van der Waals surface area (Å²) in [4.78, 5) is 43.5. The fourth-order valence-electron chi connectivity index (χ4n) is 6.23. The molecule has 0 unspecified atom stereocenters. The lowest BCUT2D eigenvalue weighted by atomic mass is 9.98. The van der Waals surface area contributed by atoms with Gasteiger partial charge in [0, 0.05) is 25.6 Å². The molecule has 3 heterocycles. The highest BCUT2D eigenvalue weighted by molar-refractivity contribution is 6.31. The molecule has 7 rings (SSSR count). The lowest BCUT2D eigenvalue weighted by molar-refractivity contribution is 0.0697. The van der Waals surface area contributed by atoms with Crippen molar-refractivity contribution < 1.29 is 14.7 Å². The number of aromatic carboxylic acids is 1. The van der Waals surface area contributed by atoms with E-state index in [1.165, 1.54) is 0 Å². The molecule has 3 aromatic heterocycles. The largest absolute Gasteiger partial charge is 0.478 e. The van der Waals surface area contributed by atoms with Crippen LogP contribution in [0.25, 0.3) is 44.6 Å². The topological polar surface area (TPSA) is 232 Å². The number of hydrogen-bond donors (Lipinski definition) is 5. The van der Waals surface area contributed by atoms with Gasteiger partial charge >= 0.3 is 11.9 Å². The number of aryl methyl sites for hydroxylation is 3. The van der Waals surface area contributed by atoms with Crippen molar-refractivity contribution in [2.45, 2.75) is 33.2 Å². The number of para-hydroxylation sites is 2. The Morgan fingerprint density at radius 3 is 2.24 bits per heavy atom. The summed E-state index contributed by atoms with van der Waals surface area (Å²) in [6, 6.07) is 27.9. The Morgan fingerprint density at radius 2 is 1.56 bits per heavy atom. The van der Waals surface area contributed by atoms with E-state index in [0.717, 1.165) is 74.4 Å². The summed E-state index contributed by atoms with van der Waals surface area (Å²) in [5, 5.41) is 9.46. The molecule has 0 aliphatic carbocycles. The summed E-state index contributed by atoms with van der Waals surface area (Å²) < 4.78 is 4.47. The third-order valence-corrected chi connectivity index (χ3v) is 9.02. The number of halogens is 1. The van der Waals surface area contributed by atoms with Crippen LogP contribution in [0.1, 0.15) is 51.1 Å². The van der Waals surface area contributed by atoms with Gasteiger partial charge in [0.2, 0.25) is 0 Å². The maximum atomic E-state index is 11.7. The number of nitrogens with two attached hydrogens (primary N) is 4. The lowest BCUT2D eigenvalue weighted by Crippen LogP contribution is -2.24. The third-order valence-electron chi connectivity index (χ3n) is 8.74. The number of aliphatic imine (C=N–C) groups is 1. The molecular formula is C39H38ClN11O3. The molecular weight excluding hydrogens is 706 g/mol. The van der Waals surface area contributed by atoms with E-state index in [2.05, 4.69) is 75.3 Å². The molecule has 15 heteroatoms. The molecule has 274 valence electrons. The number of fused-ring (bicyclic) bond motifs is 2. The number of carboxylic acids is 1. The molecule has 0 aliphatic heterocycles. The van der Waals surface area contributed by atoms with Crippen LogP contribution in [0.2, 0.25) is 5.15 Å². The van der Waals surface area contributed by atoms with Gasteiger partial charge in [-0.05, 0) is 65.9 Å². The number of nitrogens with zero attached hydrogens (tertiary/aromatic N) is 7. The zero-order valence-corrected chi connectivity index (χ0v) is 30.5. The van der Waals surface area contributed by atoms with E-state index in [1.54, 1.807) is 12.1 Å². The van der Waals surface area contributed by atoms with Crippen LogP contribution in [0.4, 0.5) is 11.6 Å². The molecule has 14 nitrogen and oxygen atoms in total. The fraction of sp³-hybridized carbons (Fsp3) is 0.154. The molecule has 0 saturated heterocycles. The van der Waals surface area contributed by atoms with Crippen LogP contribution >= 0.6 is 11.6 Å². The second kappa shape index (κ2) is 15.4. The molecule has 0 aliphatic rings. The second-order valence-electron chi connectivity index (χ2n) is 12.5. The van der Waals surface area contributed by atoms with E-state index in [0.29, 0.717) is 12.1 Å². The summed E-state index contributed by atoms with van der Waals surface area (Å²) in [6.07, 6.45) is 1.89. The molecule has 0 atom stereocenters. The summed E-state index contributed by atoms with van der Waals surface area (Å²) in [5.74, 6) is -0.417. The fourth-order valence-corrected chi connectivity index (χ4v) is 6.35. The van der Waals surface area contributed by atoms with E-state index in [1.807, 2.05) is 42.5 Å². The molecule has 4 aromatic carbocycles. The Morgan fingerprint density at radius 1 is 0.852 bits per heavy atom. The van der Waals surface area contributed by atoms with Crippen molar-refractivity contribution in [3.05, 3.63) is 118 Å². The number of nitrogen functional groups attached to an aromatic ring is 2. The monoisotopic (exact) mass is 743 g/mol. The predicted octanol–water partition coefficient (Wildman–Crippen LogP) is 5.97. The second-order valence-corrected chi connectivity index (χ2v) is 12.9. The molecule has 0 bridgehead atoms. The molecule has 0 saturated carbocycles. The average Bonchev–Trinajstić information content (AvgIpc) is 3.67.